The topological polar surface area (TPSA) is 20.3 Å². The minimum absolute atomic E-state index is 0.415. The number of rotatable bonds is 4. The third kappa shape index (κ3) is 4.29. The molecule has 0 aromatic carbocycles. The Balaban J connectivity index is 1.59. The molecule has 2 rings (SSSR count). The standard InChI is InChI=1S/C16H29NO/c1-14-10-12-17(13-11-14)16(18)9-5-8-15-6-3-2-4-7-15/h14-15H,2-13H2,1H3. The summed E-state index contributed by atoms with van der Waals surface area (Å²) in [4.78, 5) is 14.2. The van der Waals surface area contributed by atoms with E-state index < -0.39 is 0 Å². The molecule has 1 heterocycles. The zero-order chi connectivity index (χ0) is 12.8. The fourth-order valence-electron chi connectivity index (χ4n) is 3.43. The van der Waals surface area contributed by atoms with Crippen LogP contribution in [0.2, 0.25) is 0 Å². The zero-order valence-corrected chi connectivity index (χ0v) is 12.0. The van der Waals surface area contributed by atoms with Gasteiger partial charge in [0.1, 0.15) is 0 Å². The molecule has 1 aliphatic carbocycles. The lowest BCUT2D eigenvalue weighted by atomic mass is 9.86. The van der Waals surface area contributed by atoms with Crippen molar-refractivity contribution in [2.24, 2.45) is 11.8 Å². The lowest BCUT2D eigenvalue weighted by Crippen LogP contribution is -2.37. The summed E-state index contributed by atoms with van der Waals surface area (Å²) < 4.78 is 0. The Morgan fingerprint density at radius 1 is 1.06 bits per heavy atom. The van der Waals surface area contributed by atoms with E-state index in [9.17, 15) is 4.79 Å². The predicted molar refractivity (Wildman–Crippen MR) is 75.4 cm³/mol. The van der Waals surface area contributed by atoms with Gasteiger partial charge in [-0.3, -0.25) is 4.79 Å². The van der Waals surface area contributed by atoms with Crippen molar-refractivity contribution in [3.05, 3.63) is 0 Å². The van der Waals surface area contributed by atoms with Gasteiger partial charge in [0.2, 0.25) is 5.91 Å². The summed E-state index contributed by atoms with van der Waals surface area (Å²) in [7, 11) is 0. The monoisotopic (exact) mass is 251 g/mol. The smallest absolute Gasteiger partial charge is 0.222 e. The molecule has 1 saturated heterocycles. The van der Waals surface area contributed by atoms with E-state index >= 15 is 0 Å². The van der Waals surface area contributed by atoms with E-state index in [0.717, 1.165) is 37.8 Å². The van der Waals surface area contributed by atoms with Crippen LogP contribution < -0.4 is 0 Å². The van der Waals surface area contributed by atoms with Crippen molar-refractivity contribution in [2.75, 3.05) is 13.1 Å². The van der Waals surface area contributed by atoms with E-state index in [0.29, 0.717) is 5.91 Å². The molecule has 1 aliphatic heterocycles. The Morgan fingerprint density at radius 3 is 2.39 bits per heavy atom. The van der Waals surface area contributed by atoms with E-state index in [-0.39, 0.29) is 0 Å². The number of carbonyl (C=O) groups is 1. The highest BCUT2D eigenvalue weighted by molar-refractivity contribution is 5.76. The fraction of sp³-hybridized carbons (Fsp3) is 0.938. The molecule has 2 aliphatic rings. The number of nitrogens with zero attached hydrogens (tertiary/aromatic N) is 1. The number of carbonyl (C=O) groups excluding carboxylic acids is 1. The number of piperidine rings is 1. The third-order valence-corrected chi connectivity index (χ3v) is 4.86. The summed E-state index contributed by atoms with van der Waals surface area (Å²) in [6.07, 6.45) is 12.7. The number of hydrogen-bond acceptors (Lipinski definition) is 1. The molecule has 0 unspecified atom stereocenters. The Hall–Kier alpha value is -0.530. The molecule has 0 atom stereocenters. The van der Waals surface area contributed by atoms with E-state index in [1.54, 1.807) is 0 Å². The van der Waals surface area contributed by atoms with Gasteiger partial charge in [0.15, 0.2) is 0 Å². The molecule has 0 N–H and O–H groups in total. The highest BCUT2D eigenvalue weighted by atomic mass is 16.2. The maximum absolute atomic E-state index is 12.1. The van der Waals surface area contributed by atoms with Crippen LogP contribution in [0.5, 0.6) is 0 Å². The highest BCUT2D eigenvalue weighted by Crippen LogP contribution is 2.28. The van der Waals surface area contributed by atoms with Crippen LogP contribution in [-0.2, 0) is 4.79 Å². The molecule has 2 heteroatoms. The second kappa shape index (κ2) is 7.16. The van der Waals surface area contributed by atoms with Gasteiger partial charge in [0.25, 0.3) is 0 Å². The number of hydrogen-bond donors (Lipinski definition) is 0. The van der Waals surface area contributed by atoms with Crippen molar-refractivity contribution in [1.29, 1.82) is 0 Å². The summed E-state index contributed by atoms with van der Waals surface area (Å²) in [6.45, 7) is 4.30. The maximum atomic E-state index is 12.1. The lowest BCUT2D eigenvalue weighted by molar-refractivity contribution is -0.132. The molecule has 0 spiro atoms. The van der Waals surface area contributed by atoms with Crippen molar-refractivity contribution in [1.82, 2.24) is 4.90 Å². The van der Waals surface area contributed by atoms with Crippen LogP contribution in [-0.4, -0.2) is 23.9 Å². The van der Waals surface area contributed by atoms with Gasteiger partial charge in [-0.25, -0.2) is 0 Å². The van der Waals surface area contributed by atoms with Gasteiger partial charge in [-0.1, -0.05) is 39.0 Å². The van der Waals surface area contributed by atoms with E-state index in [1.807, 2.05) is 0 Å². The van der Waals surface area contributed by atoms with Crippen molar-refractivity contribution in [2.45, 2.75) is 71.1 Å². The minimum atomic E-state index is 0.415. The number of likely N-dealkylation sites (tertiary alicyclic amines) is 1. The first-order chi connectivity index (χ1) is 8.75. The van der Waals surface area contributed by atoms with Gasteiger partial charge in [0, 0.05) is 19.5 Å². The SMILES string of the molecule is CC1CCN(C(=O)CCCC2CCCCC2)CC1. The van der Waals surface area contributed by atoms with Gasteiger partial charge in [0.05, 0.1) is 0 Å². The molecule has 0 aromatic rings. The van der Waals surface area contributed by atoms with Crippen LogP contribution in [0, 0.1) is 11.8 Å². The molecule has 1 saturated carbocycles. The van der Waals surface area contributed by atoms with Gasteiger partial charge in [-0.15, -0.1) is 0 Å². The average molecular weight is 251 g/mol. The first-order valence-corrected chi connectivity index (χ1v) is 8.03. The Morgan fingerprint density at radius 2 is 1.72 bits per heavy atom. The molecule has 18 heavy (non-hydrogen) atoms. The van der Waals surface area contributed by atoms with E-state index in [4.69, 9.17) is 0 Å². The normalized spacial score (nSPS) is 23.3. The first kappa shape index (κ1) is 13.9. The summed E-state index contributed by atoms with van der Waals surface area (Å²) in [5.41, 5.74) is 0. The summed E-state index contributed by atoms with van der Waals surface area (Å²) >= 11 is 0. The highest BCUT2D eigenvalue weighted by Gasteiger charge is 2.20. The Bertz CT molecular complexity index is 250. The molecular formula is C16H29NO. The largest absolute Gasteiger partial charge is 0.343 e. The molecular weight excluding hydrogens is 222 g/mol. The molecule has 0 radical (unpaired) electrons. The van der Waals surface area contributed by atoms with Crippen LogP contribution >= 0.6 is 0 Å². The maximum Gasteiger partial charge on any atom is 0.222 e. The number of amides is 1. The summed E-state index contributed by atoms with van der Waals surface area (Å²) in [5.74, 6) is 2.15. The second-order valence-corrected chi connectivity index (χ2v) is 6.46. The fourth-order valence-corrected chi connectivity index (χ4v) is 3.43. The molecule has 1 amide bonds. The molecule has 0 aromatic heterocycles. The summed E-state index contributed by atoms with van der Waals surface area (Å²) in [6, 6.07) is 0. The first-order valence-electron chi connectivity index (χ1n) is 8.03. The van der Waals surface area contributed by atoms with Gasteiger partial charge >= 0.3 is 0 Å². The van der Waals surface area contributed by atoms with Crippen LogP contribution in [0.1, 0.15) is 71.1 Å². The molecule has 104 valence electrons. The third-order valence-electron chi connectivity index (χ3n) is 4.86. The Kier molecular flexibility index (Phi) is 5.52. The zero-order valence-electron chi connectivity index (χ0n) is 12.0. The average Bonchev–Trinajstić information content (AvgIpc) is 2.40. The molecule has 2 nitrogen and oxygen atoms in total. The predicted octanol–water partition coefficient (Wildman–Crippen LogP) is 4.00. The van der Waals surface area contributed by atoms with Gasteiger partial charge in [-0.05, 0) is 37.5 Å². The molecule has 0 bridgehead atoms. The molecule has 2 fully saturated rings. The quantitative estimate of drug-likeness (QED) is 0.739. The minimum Gasteiger partial charge on any atom is -0.343 e. The van der Waals surface area contributed by atoms with Crippen molar-refractivity contribution >= 4 is 5.91 Å². The van der Waals surface area contributed by atoms with Crippen LogP contribution in [0.4, 0.5) is 0 Å². The van der Waals surface area contributed by atoms with Crippen molar-refractivity contribution < 1.29 is 4.79 Å². The van der Waals surface area contributed by atoms with Gasteiger partial charge in [-0.2, -0.15) is 0 Å². The van der Waals surface area contributed by atoms with Crippen LogP contribution in [0.15, 0.2) is 0 Å². The summed E-state index contributed by atoms with van der Waals surface area (Å²) in [5, 5.41) is 0. The van der Waals surface area contributed by atoms with Crippen molar-refractivity contribution in [3.8, 4) is 0 Å². The van der Waals surface area contributed by atoms with E-state index in [2.05, 4.69) is 11.8 Å². The lowest BCUT2D eigenvalue weighted by Gasteiger charge is -2.30. The second-order valence-electron chi connectivity index (χ2n) is 6.46. The van der Waals surface area contributed by atoms with Crippen molar-refractivity contribution in [3.63, 3.8) is 0 Å². The van der Waals surface area contributed by atoms with E-state index in [1.165, 1.54) is 51.4 Å². The van der Waals surface area contributed by atoms with Crippen LogP contribution in [0.3, 0.4) is 0 Å². The Labute approximate surface area is 112 Å². The van der Waals surface area contributed by atoms with Gasteiger partial charge < -0.3 is 4.90 Å². The van der Waals surface area contributed by atoms with Crippen LogP contribution in [0.25, 0.3) is 0 Å².